The van der Waals surface area contributed by atoms with Gasteiger partial charge in [0.25, 0.3) is 0 Å². The summed E-state index contributed by atoms with van der Waals surface area (Å²) in [5.74, 6) is 0. The largest absolute Gasteiger partial charge is 0.310 e. The van der Waals surface area contributed by atoms with E-state index in [1.165, 1.54) is 11.1 Å². The summed E-state index contributed by atoms with van der Waals surface area (Å²) >= 11 is 0. The number of hydrogen-bond donors (Lipinski definition) is 0. The second-order valence-corrected chi connectivity index (χ2v) is 20.3. The second-order valence-electron chi connectivity index (χ2n) is 20.3. The summed E-state index contributed by atoms with van der Waals surface area (Å²) < 4.78 is 42.5. The molecule has 0 bridgehead atoms. The van der Waals surface area contributed by atoms with Gasteiger partial charge in [-0.3, -0.25) is 0 Å². The molecule has 0 radical (unpaired) electrons. The zero-order chi connectivity index (χ0) is 53.7. The van der Waals surface area contributed by atoms with Crippen molar-refractivity contribution in [1.29, 1.82) is 0 Å². The number of nitrogens with zero attached hydrogens (tertiary/aromatic N) is 1. The molecule has 0 atom stereocenters. The van der Waals surface area contributed by atoms with Gasteiger partial charge in [0, 0.05) is 17.1 Å². The third kappa shape index (κ3) is 6.09. The van der Waals surface area contributed by atoms with Crippen LogP contribution in [0.25, 0.3) is 33.4 Å². The first-order chi connectivity index (χ1) is 39.4. The van der Waals surface area contributed by atoms with Crippen LogP contribution in [-0.2, 0) is 16.2 Å². The van der Waals surface area contributed by atoms with Crippen molar-refractivity contribution in [3.8, 4) is 33.4 Å². The van der Waals surface area contributed by atoms with E-state index in [1.807, 2.05) is 47.4 Å². The summed E-state index contributed by atoms with van der Waals surface area (Å²) in [6, 6.07) is 99.6. The molecule has 0 aromatic heterocycles. The topological polar surface area (TPSA) is 3.24 Å². The Morgan fingerprint density at radius 1 is 0.211 bits per heavy atom. The van der Waals surface area contributed by atoms with Gasteiger partial charge in [0.05, 0.1) is 21.7 Å². The lowest BCUT2D eigenvalue weighted by molar-refractivity contribution is 0.767. The number of anilines is 3. The minimum atomic E-state index is -1.17. The van der Waals surface area contributed by atoms with E-state index in [4.69, 9.17) is 0 Å². The van der Waals surface area contributed by atoms with E-state index in [0.717, 1.165) is 83.5 Å². The Kier molecular flexibility index (Phi) is 9.07. The van der Waals surface area contributed by atoms with Crippen molar-refractivity contribution >= 4 is 17.1 Å². The Balaban J connectivity index is 1.05. The van der Waals surface area contributed by atoms with Crippen LogP contribution in [0, 0.1) is 0 Å². The molecule has 356 valence electrons. The van der Waals surface area contributed by atoms with Gasteiger partial charge < -0.3 is 4.90 Å². The van der Waals surface area contributed by atoms with Crippen LogP contribution in [0.5, 0.6) is 0 Å². The predicted molar refractivity (Wildman–Crippen MR) is 313 cm³/mol. The molecule has 15 rings (SSSR count). The monoisotopic (exact) mass is 969 g/mol. The zero-order valence-corrected chi connectivity index (χ0v) is 41.6. The van der Waals surface area contributed by atoms with Crippen LogP contribution in [0.2, 0.25) is 0 Å². The van der Waals surface area contributed by atoms with Crippen molar-refractivity contribution in [2.45, 2.75) is 16.2 Å². The van der Waals surface area contributed by atoms with Crippen molar-refractivity contribution in [2.24, 2.45) is 0 Å². The summed E-state index contributed by atoms with van der Waals surface area (Å²) in [6.07, 6.45) is 0. The van der Waals surface area contributed by atoms with Gasteiger partial charge in [0.1, 0.15) is 0 Å². The molecule has 0 unspecified atom stereocenters. The minimum absolute atomic E-state index is 0.102. The Hall–Kier alpha value is -9.56. The van der Waals surface area contributed by atoms with E-state index in [9.17, 15) is 5.48 Å². The van der Waals surface area contributed by atoms with Crippen LogP contribution < -0.4 is 4.90 Å². The fourth-order valence-corrected chi connectivity index (χ4v) is 13.8. The Morgan fingerprint density at radius 2 is 0.461 bits per heavy atom. The van der Waals surface area contributed by atoms with E-state index in [0.29, 0.717) is 16.9 Å². The molecule has 0 amide bonds. The molecular formula is C75H51N. The third-order valence-electron chi connectivity index (χ3n) is 16.8. The molecule has 0 fully saturated rings. The van der Waals surface area contributed by atoms with E-state index in [2.05, 4.69) is 243 Å². The van der Waals surface area contributed by atoms with Crippen LogP contribution in [0.1, 0.15) is 72.2 Å². The number of benzene rings is 12. The third-order valence-corrected chi connectivity index (χ3v) is 16.8. The van der Waals surface area contributed by atoms with Gasteiger partial charge in [0.2, 0.25) is 0 Å². The minimum Gasteiger partial charge on any atom is -0.310 e. The normalized spacial score (nSPS) is 15.1. The summed E-state index contributed by atoms with van der Waals surface area (Å²) in [5.41, 5.74) is 17.3. The van der Waals surface area contributed by atoms with Gasteiger partial charge in [-0.15, -0.1) is 0 Å². The average molecular weight is 970 g/mol. The lowest BCUT2D eigenvalue weighted by Gasteiger charge is -2.36. The number of rotatable bonds is 9. The summed E-state index contributed by atoms with van der Waals surface area (Å²) in [6.45, 7) is 0. The zero-order valence-electron chi connectivity index (χ0n) is 45.6. The maximum absolute atomic E-state index is 10.7. The highest BCUT2D eigenvalue weighted by Gasteiger charge is 2.49. The molecule has 0 aliphatic heterocycles. The van der Waals surface area contributed by atoms with Gasteiger partial charge >= 0.3 is 0 Å². The highest BCUT2D eigenvalue weighted by Crippen LogP contribution is 2.61. The highest BCUT2D eigenvalue weighted by atomic mass is 15.1. The highest BCUT2D eigenvalue weighted by molar-refractivity contribution is 5.93. The average Bonchev–Trinajstić information content (AvgIpc) is 4.20. The van der Waals surface area contributed by atoms with Crippen LogP contribution in [0.4, 0.5) is 17.1 Å². The predicted octanol–water partition coefficient (Wildman–Crippen LogP) is 18.2. The summed E-state index contributed by atoms with van der Waals surface area (Å²) in [4.78, 5) is 2.02. The fourth-order valence-electron chi connectivity index (χ4n) is 13.8. The standard InChI is InChI=1S/C75H51N/c1-6-24-52(25-7-1)73(67-38-20-16-34-61(67)62-35-17-21-39-68(62)73)57-42-44-58(45-43-57)76(59-46-48-65-63-36-18-22-40-69(63)74(71(65)50-59,53-26-8-2-9-27-53)54-28-10-3-11-29-54)60-47-49-66-64-37-19-23-41-70(64)75(72(66)51-60,55-30-12-4-13-31-55)56-32-14-5-15-33-56/h1-51H/i42D,43D,44D,45D. The van der Waals surface area contributed by atoms with E-state index < -0.39 is 16.2 Å². The molecule has 0 N–H and O–H groups in total. The quantitative estimate of drug-likeness (QED) is 0.139. The number of fused-ring (bicyclic) bond motifs is 9. The van der Waals surface area contributed by atoms with Crippen LogP contribution >= 0.6 is 0 Å². The van der Waals surface area contributed by atoms with Crippen LogP contribution in [-0.4, -0.2) is 0 Å². The Labute approximate surface area is 451 Å². The first-order valence-electron chi connectivity index (χ1n) is 28.3. The van der Waals surface area contributed by atoms with Crippen molar-refractivity contribution in [3.63, 3.8) is 0 Å². The Morgan fingerprint density at radius 3 is 0.763 bits per heavy atom. The second kappa shape index (κ2) is 17.3. The van der Waals surface area contributed by atoms with Gasteiger partial charge in [-0.2, -0.15) is 0 Å². The molecule has 1 heteroatoms. The summed E-state index contributed by atoms with van der Waals surface area (Å²) in [5, 5.41) is 0. The molecule has 0 heterocycles. The lowest BCUT2D eigenvalue weighted by Crippen LogP contribution is -2.29. The first-order valence-corrected chi connectivity index (χ1v) is 26.3. The molecule has 0 saturated carbocycles. The summed E-state index contributed by atoms with van der Waals surface area (Å²) in [7, 11) is 0. The van der Waals surface area contributed by atoms with Crippen molar-refractivity contribution in [3.05, 3.63) is 376 Å². The van der Waals surface area contributed by atoms with Crippen LogP contribution in [0.15, 0.2) is 309 Å². The molecule has 12 aromatic carbocycles. The number of hydrogen-bond acceptors (Lipinski definition) is 1. The molecule has 0 saturated heterocycles. The van der Waals surface area contributed by atoms with Crippen molar-refractivity contribution in [1.82, 2.24) is 0 Å². The Bertz CT molecular complexity index is 4070. The van der Waals surface area contributed by atoms with E-state index in [1.54, 1.807) is 0 Å². The maximum atomic E-state index is 10.7. The molecule has 3 aliphatic rings. The first kappa shape index (κ1) is 39.9. The fraction of sp³-hybridized carbons (Fsp3) is 0.0400. The van der Waals surface area contributed by atoms with Gasteiger partial charge in [-0.1, -0.05) is 273 Å². The molecule has 3 aliphatic carbocycles. The van der Waals surface area contributed by atoms with Crippen LogP contribution in [0.3, 0.4) is 0 Å². The molecule has 1 nitrogen and oxygen atoms in total. The smallest absolute Gasteiger partial charge is 0.0714 e. The molecule has 76 heavy (non-hydrogen) atoms. The van der Waals surface area contributed by atoms with Gasteiger partial charge in [-0.25, -0.2) is 0 Å². The molecular weight excluding hydrogens is 915 g/mol. The van der Waals surface area contributed by atoms with Crippen molar-refractivity contribution < 1.29 is 5.48 Å². The van der Waals surface area contributed by atoms with Gasteiger partial charge in [0.15, 0.2) is 0 Å². The van der Waals surface area contributed by atoms with Crippen molar-refractivity contribution in [2.75, 3.05) is 4.90 Å². The molecule has 0 spiro atoms. The maximum Gasteiger partial charge on any atom is 0.0714 e. The SMILES string of the molecule is [2H]c1c([2H])c(C2(c3ccccc3)c3ccccc3-c3ccccc32)c([2H])c([2H])c1N(c1ccc2c(c1)C(c1ccccc1)(c1ccccc1)c1ccccc1-2)c1ccc2c(c1)C(c1ccccc1)(c1ccccc1)c1ccccc1-2. The van der Waals surface area contributed by atoms with E-state index in [-0.39, 0.29) is 29.9 Å². The van der Waals surface area contributed by atoms with E-state index >= 15 is 0 Å². The lowest BCUT2D eigenvalue weighted by atomic mass is 9.67. The molecule has 12 aromatic rings. The van der Waals surface area contributed by atoms with Gasteiger partial charge in [-0.05, 0) is 136 Å².